The number of carbonyl (C=O) groups is 2. The molecule has 4 rings (SSSR count). The highest BCUT2D eigenvalue weighted by molar-refractivity contribution is 7.92. The quantitative estimate of drug-likeness (QED) is 0.263. The van der Waals surface area contributed by atoms with Crippen molar-refractivity contribution in [3.8, 4) is 0 Å². The van der Waals surface area contributed by atoms with Crippen LogP contribution in [0.5, 0.6) is 0 Å². The topological polar surface area (TPSA) is 85.7 Å². The van der Waals surface area contributed by atoms with E-state index in [1.165, 1.54) is 28.6 Å². The zero-order chi connectivity index (χ0) is 25.2. The molecule has 0 fully saturated rings. The van der Waals surface area contributed by atoms with Crippen LogP contribution in [0.25, 0.3) is 0 Å². The number of rotatable bonds is 8. The molecule has 0 bridgehead atoms. The lowest BCUT2D eigenvalue weighted by Gasteiger charge is -2.30. The minimum absolute atomic E-state index is 0.0940. The lowest BCUT2D eigenvalue weighted by Crippen LogP contribution is -2.35. The number of aromatic nitrogens is 1. The van der Waals surface area contributed by atoms with Gasteiger partial charge in [0.05, 0.1) is 16.1 Å². The van der Waals surface area contributed by atoms with Crippen molar-refractivity contribution in [1.29, 1.82) is 0 Å². The summed E-state index contributed by atoms with van der Waals surface area (Å²) in [6, 6.07) is 14.9. The molecule has 7 nitrogen and oxygen atoms in total. The largest absolute Gasteiger partial charge is 0.454 e. The van der Waals surface area contributed by atoms with E-state index in [2.05, 4.69) is 6.58 Å². The van der Waals surface area contributed by atoms with Crippen LogP contribution in [0.2, 0.25) is 0 Å². The lowest BCUT2D eigenvalue weighted by atomic mass is 10.0. The van der Waals surface area contributed by atoms with Gasteiger partial charge in [0.25, 0.3) is 10.0 Å². The van der Waals surface area contributed by atoms with E-state index in [9.17, 15) is 18.0 Å². The number of aryl methyl sites for hydroxylation is 2. The highest BCUT2D eigenvalue weighted by atomic mass is 32.2. The van der Waals surface area contributed by atoms with Gasteiger partial charge in [-0.3, -0.25) is 9.10 Å². The number of nitrogens with zero attached hydrogens (tertiary/aromatic N) is 2. The Morgan fingerprint density at radius 3 is 2.51 bits per heavy atom. The Kier molecular flexibility index (Phi) is 6.93. The molecule has 0 saturated carbocycles. The normalized spacial score (nSPS) is 13.3. The molecule has 35 heavy (non-hydrogen) atoms. The molecule has 0 atom stereocenters. The van der Waals surface area contributed by atoms with Crippen molar-refractivity contribution in [3.63, 3.8) is 0 Å². The van der Waals surface area contributed by atoms with Crippen LogP contribution in [0, 0.1) is 13.8 Å². The summed E-state index contributed by atoms with van der Waals surface area (Å²) in [4.78, 5) is 25.2. The fourth-order valence-electron chi connectivity index (χ4n) is 4.42. The summed E-state index contributed by atoms with van der Waals surface area (Å²) in [6.45, 7) is 8.05. The van der Waals surface area contributed by atoms with Crippen molar-refractivity contribution in [2.75, 3.05) is 17.5 Å². The molecule has 0 amide bonds. The van der Waals surface area contributed by atoms with Crippen molar-refractivity contribution < 1.29 is 22.7 Å². The minimum Gasteiger partial charge on any atom is -0.454 e. The number of anilines is 1. The van der Waals surface area contributed by atoms with Crippen LogP contribution in [0.3, 0.4) is 0 Å². The molecule has 0 saturated heterocycles. The fourth-order valence-corrected chi connectivity index (χ4v) is 5.97. The Bertz CT molecular complexity index is 1390. The average molecular weight is 493 g/mol. The number of fused-ring (bicyclic) bond motifs is 1. The second-order valence-electron chi connectivity index (χ2n) is 8.52. The molecule has 2 aromatic carbocycles. The molecule has 0 spiro atoms. The summed E-state index contributed by atoms with van der Waals surface area (Å²) >= 11 is 0. The summed E-state index contributed by atoms with van der Waals surface area (Å²) in [7, 11) is -3.77. The van der Waals surface area contributed by atoms with Crippen LogP contribution in [0.1, 0.15) is 44.1 Å². The summed E-state index contributed by atoms with van der Waals surface area (Å²) in [5.41, 5.74) is 4.07. The molecule has 8 heteroatoms. The molecule has 3 aromatic rings. The number of hydrogen-bond acceptors (Lipinski definition) is 5. The van der Waals surface area contributed by atoms with Crippen LogP contribution >= 0.6 is 0 Å². The average Bonchev–Trinajstić information content (AvgIpc) is 3.15. The maximum Gasteiger partial charge on any atom is 0.338 e. The van der Waals surface area contributed by atoms with Crippen LogP contribution in [0.4, 0.5) is 5.69 Å². The van der Waals surface area contributed by atoms with Gasteiger partial charge in [-0.25, -0.2) is 13.2 Å². The summed E-state index contributed by atoms with van der Waals surface area (Å²) in [5, 5.41) is 0. The molecule has 0 radical (unpaired) electrons. The number of Topliss-reactive ketones (excluding diaryl/α,β-unsaturated/α-hetero) is 1. The number of ether oxygens (including phenoxy) is 1. The molecular weight excluding hydrogens is 464 g/mol. The second-order valence-corrected chi connectivity index (χ2v) is 10.4. The first-order valence-electron chi connectivity index (χ1n) is 11.4. The molecule has 1 aromatic heterocycles. The van der Waals surface area contributed by atoms with Crippen LogP contribution in [-0.4, -0.2) is 37.9 Å². The number of para-hydroxylation sites is 1. The van der Waals surface area contributed by atoms with E-state index in [0.717, 1.165) is 29.8 Å². The highest BCUT2D eigenvalue weighted by Gasteiger charge is 2.29. The van der Waals surface area contributed by atoms with E-state index >= 15 is 0 Å². The molecule has 182 valence electrons. The Morgan fingerprint density at radius 1 is 1.09 bits per heavy atom. The van der Waals surface area contributed by atoms with Gasteiger partial charge in [-0.2, -0.15) is 0 Å². The first kappa shape index (κ1) is 24.5. The third-order valence-corrected chi connectivity index (χ3v) is 8.09. The van der Waals surface area contributed by atoms with Gasteiger partial charge < -0.3 is 9.30 Å². The first-order valence-corrected chi connectivity index (χ1v) is 12.9. The Hall–Kier alpha value is -3.65. The van der Waals surface area contributed by atoms with E-state index in [-0.39, 0.29) is 16.2 Å². The third-order valence-electron chi connectivity index (χ3n) is 6.27. The highest BCUT2D eigenvalue weighted by Crippen LogP contribution is 2.31. The van der Waals surface area contributed by atoms with Gasteiger partial charge in [0.1, 0.15) is 0 Å². The zero-order valence-electron chi connectivity index (χ0n) is 19.9. The summed E-state index contributed by atoms with van der Waals surface area (Å²) in [5.74, 6) is -0.991. The maximum atomic E-state index is 13.3. The molecule has 1 aliphatic rings. The number of esters is 1. The molecule has 2 heterocycles. The molecule has 1 aliphatic heterocycles. The van der Waals surface area contributed by atoms with E-state index < -0.39 is 22.6 Å². The van der Waals surface area contributed by atoms with Crippen LogP contribution in [0.15, 0.2) is 72.1 Å². The predicted molar refractivity (Wildman–Crippen MR) is 134 cm³/mol. The minimum atomic E-state index is -3.77. The van der Waals surface area contributed by atoms with Crippen molar-refractivity contribution >= 4 is 27.5 Å². The van der Waals surface area contributed by atoms with Gasteiger partial charge in [-0.15, -0.1) is 6.58 Å². The van der Waals surface area contributed by atoms with Gasteiger partial charge in [-0.1, -0.05) is 24.3 Å². The van der Waals surface area contributed by atoms with Crippen molar-refractivity contribution in [3.05, 3.63) is 95.3 Å². The van der Waals surface area contributed by atoms with Gasteiger partial charge in [0, 0.05) is 30.0 Å². The third kappa shape index (κ3) is 4.79. The SMILES string of the molecule is C=CCn1c(C)cc(C(=O)COC(=O)c2ccc(S(=O)(=O)N3CCCc4ccccc43)cc2)c1C. The summed E-state index contributed by atoms with van der Waals surface area (Å²) < 4.78 is 35.1. The smallest absolute Gasteiger partial charge is 0.338 e. The Morgan fingerprint density at radius 2 is 1.80 bits per heavy atom. The number of allylic oxidation sites excluding steroid dienone is 1. The second kappa shape index (κ2) is 9.92. The number of sulfonamides is 1. The number of hydrogen-bond donors (Lipinski definition) is 0. The Balaban J connectivity index is 1.45. The Labute approximate surface area is 205 Å². The van der Waals surface area contributed by atoms with Gasteiger partial charge >= 0.3 is 5.97 Å². The van der Waals surface area contributed by atoms with Crippen LogP contribution in [-0.2, 0) is 27.7 Å². The first-order chi connectivity index (χ1) is 16.7. The monoisotopic (exact) mass is 492 g/mol. The predicted octanol–water partition coefficient (Wildman–Crippen LogP) is 4.47. The molecule has 0 unspecified atom stereocenters. The van der Waals surface area contributed by atoms with Crippen molar-refractivity contribution in [2.45, 2.75) is 38.1 Å². The molecule has 0 aliphatic carbocycles. The standard InChI is InChI=1S/C27H28N2O5S/c1-4-15-28-19(2)17-24(20(28)3)26(30)18-34-27(31)22-11-13-23(14-12-22)35(32,33)29-16-7-9-21-8-5-6-10-25(21)29/h4-6,8,10-14,17H,1,7,9,15-16,18H2,2-3H3. The summed E-state index contributed by atoms with van der Waals surface area (Å²) in [6.07, 6.45) is 3.33. The van der Waals surface area contributed by atoms with Gasteiger partial charge in [0.2, 0.25) is 5.78 Å². The van der Waals surface area contributed by atoms with Gasteiger partial charge in [0.15, 0.2) is 6.61 Å². The van der Waals surface area contributed by atoms with E-state index in [0.29, 0.717) is 24.3 Å². The lowest BCUT2D eigenvalue weighted by molar-refractivity contribution is 0.0474. The zero-order valence-corrected chi connectivity index (χ0v) is 20.7. The molecular formula is C27H28N2O5S. The van der Waals surface area contributed by atoms with E-state index in [1.54, 1.807) is 12.1 Å². The maximum absolute atomic E-state index is 13.3. The van der Waals surface area contributed by atoms with E-state index in [1.807, 2.05) is 42.7 Å². The number of ketones is 1. The van der Waals surface area contributed by atoms with E-state index in [4.69, 9.17) is 4.74 Å². The van der Waals surface area contributed by atoms with Crippen LogP contribution < -0.4 is 4.31 Å². The number of benzene rings is 2. The van der Waals surface area contributed by atoms with Crippen molar-refractivity contribution in [2.24, 2.45) is 0 Å². The fraction of sp³-hybridized carbons (Fsp3) is 0.259. The number of carbonyl (C=O) groups excluding carboxylic acids is 2. The van der Waals surface area contributed by atoms with Gasteiger partial charge in [-0.05, 0) is 68.7 Å². The molecule has 0 N–H and O–H groups in total. The van der Waals surface area contributed by atoms with Crippen molar-refractivity contribution in [1.82, 2.24) is 4.57 Å².